The van der Waals surface area contributed by atoms with Crippen LogP contribution in [0.5, 0.6) is 0 Å². The minimum Gasteiger partial charge on any atom is -0.401 e. The van der Waals surface area contributed by atoms with Crippen molar-refractivity contribution in [3.05, 3.63) is 101 Å². The van der Waals surface area contributed by atoms with Crippen molar-refractivity contribution in [2.24, 2.45) is 0 Å². The zero-order valence-corrected chi connectivity index (χ0v) is 26.9. The zero-order valence-electron chi connectivity index (χ0n) is 25.2. The van der Waals surface area contributed by atoms with Crippen molar-refractivity contribution in [1.29, 1.82) is 0 Å². The van der Waals surface area contributed by atoms with Crippen LogP contribution in [0.25, 0.3) is 11.3 Å². The molecule has 0 bridgehead atoms. The maximum atomic E-state index is 15.6. The monoisotopic (exact) mass is 617 g/mol. The number of hydrogen-bond donors (Lipinski definition) is 0. The number of aldehydes is 1. The first-order valence-corrected chi connectivity index (χ1v) is 16.8. The first-order valence-electron chi connectivity index (χ1n) is 14.5. The summed E-state index contributed by atoms with van der Waals surface area (Å²) in [5.41, 5.74) is 0.885. The van der Waals surface area contributed by atoms with Gasteiger partial charge in [-0.1, -0.05) is 93.0 Å². The van der Waals surface area contributed by atoms with E-state index in [-0.39, 0.29) is 40.3 Å². The fourth-order valence-corrected chi connectivity index (χ4v) is 10.9. The van der Waals surface area contributed by atoms with Gasteiger partial charge in [0.1, 0.15) is 23.0 Å². The molecule has 1 aliphatic rings. The number of anilines is 1. The summed E-state index contributed by atoms with van der Waals surface area (Å²) in [4.78, 5) is 23.3. The molecule has 2 atom stereocenters. The quantitative estimate of drug-likeness (QED) is 0.168. The van der Waals surface area contributed by atoms with Crippen molar-refractivity contribution in [3.63, 3.8) is 0 Å². The molecule has 0 saturated carbocycles. The van der Waals surface area contributed by atoms with Gasteiger partial charge < -0.3 is 14.1 Å². The van der Waals surface area contributed by atoms with Crippen molar-refractivity contribution in [2.45, 2.75) is 58.5 Å². The van der Waals surface area contributed by atoms with Gasteiger partial charge >= 0.3 is 0 Å². The van der Waals surface area contributed by atoms with Crippen molar-refractivity contribution < 1.29 is 18.3 Å². The molecule has 0 amide bonds. The van der Waals surface area contributed by atoms with Gasteiger partial charge in [-0.15, -0.1) is 0 Å². The van der Waals surface area contributed by atoms with Crippen LogP contribution in [0.1, 0.15) is 50.8 Å². The number of aromatic nitrogens is 2. The van der Waals surface area contributed by atoms with Crippen molar-refractivity contribution in [3.8, 4) is 11.3 Å². The largest absolute Gasteiger partial charge is 0.401 e. The molecule has 0 aliphatic carbocycles. The van der Waals surface area contributed by atoms with Gasteiger partial charge in [-0.2, -0.15) is 0 Å². The molecule has 0 spiro atoms. The van der Waals surface area contributed by atoms with E-state index in [1.807, 2.05) is 50.2 Å². The van der Waals surface area contributed by atoms with Crippen LogP contribution in [0.15, 0.2) is 78.9 Å². The summed E-state index contributed by atoms with van der Waals surface area (Å²) >= 11 is 6.79. The highest BCUT2D eigenvalue weighted by molar-refractivity contribution is 6.99. The SMILES string of the molecule is C[C@@H]1CN(c2ccc(F)c(-c3c(Cl)cc(C=O)nc3CO[Si](c3ccccc3)(c3ccccc3)C(C)(C)C)n2)C[C@H](C)O1. The molecule has 1 fully saturated rings. The predicted molar refractivity (Wildman–Crippen MR) is 172 cm³/mol. The lowest BCUT2D eigenvalue weighted by Gasteiger charge is -2.43. The minimum atomic E-state index is -2.98. The van der Waals surface area contributed by atoms with E-state index in [4.69, 9.17) is 25.7 Å². The van der Waals surface area contributed by atoms with Crippen LogP contribution >= 0.6 is 11.6 Å². The molecule has 43 heavy (non-hydrogen) atoms. The van der Waals surface area contributed by atoms with Gasteiger partial charge in [0.2, 0.25) is 0 Å². The van der Waals surface area contributed by atoms with Gasteiger partial charge in [-0.3, -0.25) is 4.79 Å². The second-order valence-electron chi connectivity index (χ2n) is 12.1. The standard InChI is InChI=1S/C34H37ClFN3O3Si/c1-23-19-39(20-24(2)42-23)31-17-16-29(36)33(38-31)32-28(35)18-25(21-40)37-30(32)22-41-43(34(3,4)5,26-12-8-6-9-13-26)27-14-10-7-11-15-27/h6-18,21,23-24H,19-20,22H2,1-5H3/t23-,24+. The highest BCUT2D eigenvalue weighted by Crippen LogP contribution is 2.39. The number of carbonyl (C=O) groups excluding carboxylic acids is 1. The summed E-state index contributed by atoms with van der Waals surface area (Å²) in [6.07, 6.45) is 0.650. The number of hydrogen-bond acceptors (Lipinski definition) is 6. The third-order valence-electron chi connectivity index (χ3n) is 7.84. The lowest BCUT2D eigenvalue weighted by molar-refractivity contribution is -0.00545. The summed E-state index contributed by atoms with van der Waals surface area (Å²) in [5.74, 6) is 0.0835. The molecule has 1 saturated heterocycles. The topological polar surface area (TPSA) is 64.6 Å². The van der Waals surface area contributed by atoms with Crippen LogP contribution in [0.2, 0.25) is 10.1 Å². The fourth-order valence-electron chi connectivity index (χ4n) is 6.08. The first-order chi connectivity index (χ1) is 20.5. The molecule has 4 aromatic rings. The van der Waals surface area contributed by atoms with Gasteiger partial charge in [-0.25, -0.2) is 14.4 Å². The van der Waals surface area contributed by atoms with Crippen LogP contribution in [0, 0.1) is 5.82 Å². The van der Waals surface area contributed by atoms with Crippen molar-refractivity contribution in [1.82, 2.24) is 9.97 Å². The Kier molecular flexibility index (Phi) is 9.13. The van der Waals surface area contributed by atoms with Crippen LogP contribution in [-0.4, -0.2) is 49.9 Å². The van der Waals surface area contributed by atoms with Crippen LogP contribution in [-0.2, 0) is 15.8 Å². The molecule has 9 heteroatoms. The number of nitrogens with zero attached hydrogens (tertiary/aromatic N) is 3. The van der Waals surface area contributed by atoms with E-state index in [1.54, 1.807) is 6.07 Å². The van der Waals surface area contributed by atoms with Crippen LogP contribution in [0.4, 0.5) is 10.2 Å². The Labute approximate surface area is 259 Å². The van der Waals surface area contributed by atoms with E-state index >= 15 is 4.39 Å². The molecule has 5 rings (SSSR count). The number of morpholine rings is 1. The lowest BCUT2D eigenvalue weighted by atomic mass is 10.1. The number of pyridine rings is 2. The highest BCUT2D eigenvalue weighted by atomic mass is 35.5. The van der Waals surface area contributed by atoms with Crippen molar-refractivity contribution >= 4 is 42.4 Å². The van der Waals surface area contributed by atoms with Crippen molar-refractivity contribution in [2.75, 3.05) is 18.0 Å². The summed E-state index contributed by atoms with van der Waals surface area (Å²) in [6.45, 7) is 11.8. The van der Waals surface area contributed by atoms with Gasteiger partial charge in [0, 0.05) is 18.7 Å². The minimum absolute atomic E-state index is 0.000976. The van der Waals surface area contributed by atoms with Gasteiger partial charge in [-0.05, 0) is 47.5 Å². The Hall–Kier alpha value is -3.43. The van der Waals surface area contributed by atoms with Crippen LogP contribution in [0.3, 0.4) is 0 Å². The predicted octanol–water partition coefficient (Wildman–Crippen LogP) is 6.44. The third kappa shape index (κ3) is 6.29. The smallest absolute Gasteiger partial charge is 0.261 e. The molecule has 0 radical (unpaired) electrons. The van der Waals surface area contributed by atoms with E-state index in [0.717, 1.165) is 10.4 Å². The second-order valence-corrected chi connectivity index (χ2v) is 16.8. The van der Waals surface area contributed by atoms with Crippen LogP contribution < -0.4 is 15.3 Å². The maximum Gasteiger partial charge on any atom is 0.261 e. The molecule has 224 valence electrons. The van der Waals surface area contributed by atoms with Gasteiger partial charge in [0.15, 0.2) is 6.29 Å². The summed E-state index contributed by atoms with van der Waals surface area (Å²) in [6, 6.07) is 25.0. The number of rotatable bonds is 8. The van der Waals surface area contributed by atoms with E-state index in [2.05, 4.69) is 54.9 Å². The number of ether oxygens (including phenoxy) is 1. The third-order valence-corrected chi connectivity index (χ3v) is 13.1. The number of benzene rings is 2. The molecular formula is C34H37ClFN3O3Si. The van der Waals surface area contributed by atoms with Gasteiger partial charge in [0.25, 0.3) is 8.32 Å². The summed E-state index contributed by atoms with van der Waals surface area (Å²) in [5, 5.41) is 2.07. The Morgan fingerprint density at radius 1 is 0.977 bits per heavy atom. The number of carbonyl (C=O) groups is 1. The first kappa shape index (κ1) is 31.0. The average molecular weight is 618 g/mol. The molecule has 2 aromatic heterocycles. The van der Waals surface area contributed by atoms with E-state index < -0.39 is 14.1 Å². The molecule has 1 aliphatic heterocycles. The molecular weight excluding hydrogens is 581 g/mol. The Morgan fingerprint density at radius 3 is 2.09 bits per heavy atom. The zero-order chi connectivity index (χ0) is 30.8. The van der Waals surface area contributed by atoms with Gasteiger partial charge in [0.05, 0.1) is 29.5 Å². The highest BCUT2D eigenvalue weighted by Gasteiger charge is 2.50. The molecule has 0 N–H and O–H groups in total. The Morgan fingerprint density at radius 2 is 1.56 bits per heavy atom. The van der Waals surface area contributed by atoms with E-state index in [1.165, 1.54) is 12.1 Å². The Balaban J connectivity index is 1.63. The van der Waals surface area contributed by atoms with E-state index in [9.17, 15) is 4.79 Å². The second kappa shape index (κ2) is 12.7. The average Bonchev–Trinajstić information content (AvgIpc) is 2.98. The summed E-state index contributed by atoms with van der Waals surface area (Å²) in [7, 11) is -2.98. The normalized spacial score (nSPS) is 17.6. The fraction of sp³-hybridized carbons (Fsp3) is 0.324. The Bertz CT molecular complexity index is 1530. The molecule has 6 nitrogen and oxygen atoms in total. The maximum absolute atomic E-state index is 15.6. The molecule has 3 heterocycles. The molecule has 2 aromatic carbocycles. The lowest BCUT2D eigenvalue weighted by Crippen LogP contribution is -2.66. The number of halogens is 2. The van der Waals surface area contributed by atoms with E-state index in [0.29, 0.717) is 36.5 Å². The summed E-state index contributed by atoms with van der Waals surface area (Å²) < 4.78 is 28.6. The molecule has 0 unspecified atom stereocenters.